The van der Waals surface area contributed by atoms with Crippen LogP contribution in [0.5, 0.6) is 0 Å². The largest absolute Gasteiger partial charge is 0.329 e. The van der Waals surface area contributed by atoms with Gasteiger partial charge in [-0.15, -0.1) is 11.3 Å². The molecule has 1 amide bonds. The Kier molecular flexibility index (Phi) is 2.67. The van der Waals surface area contributed by atoms with Crippen LogP contribution in [-0.4, -0.2) is 15.8 Å². The number of carbonyl (C=O) groups excluding carboxylic acids is 1. The van der Waals surface area contributed by atoms with E-state index in [0.717, 1.165) is 15.6 Å². The van der Waals surface area contributed by atoms with Gasteiger partial charge in [0.1, 0.15) is 4.88 Å². The minimum Gasteiger partial charge on any atom is -0.329 e. The fourth-order valence-electron chi connectivity index (χ4n) is 2.35. The van der Waals surface area contributed by atoms with Crippen molar-refractivity contribution in [3.63, 3.8) is 0 Å². The molecule has 2 heterocycles. The predicted octanol–water partition coefficient (Wildman–Crippen LogP) is 2.92. The number of benzene rings is 1. The maximum absolute atomic E-state index is 12.4. The maximum atomic E-state index is 12.4. The summed E-state index contributed by atoms with van der Waals surface area (Å²) in [6, 6.07) is 8.23. The van der Waals surface area contributed by atoms with Crippen LogP contribution in [0.15, 0.2) is 24.3 Å². The van der Waals surface area contributed by atoms with Gasteiger partial charge >= 0.3 is 0 Å². The zero-order valence-electron chi connectivity index (χ0n) is 10.4. The number of fused-ring (bicyclic) bond motifs is 1. The molecule has 1 aliphatic rings. The molecule has 1 aromatic heterocycles. The summed E-state index contributed by atoms with van der Waals surface area (Å²) in [5, 5.41) is 0.951. The molecule has 0 fully saturated rings. The molecule has 18 heavy (non-hydrogen) atoms. The van der Waals surface area contributed by atoms with Crippen molar-refractivity contribution < 1.29 is 4.79 Å². The molecule has 0 saturated heterocycles. The average molecular weight is 258 g/mol. The molecule has 2 aromatic rings. The highest BCUT2D eigenvalue weighted by molar-refractivity contribution is 7.13. The summed E-state index contributed by atoms with van der Waals surface area (Å²) >= 11 is 1.49. The molecule has 1 aliphatic heterocycles. The van der Waals surface area contributed by atoms with Crippen molar-refractivity contribution >= 4 is 17.2 Å². The number of rotatable bonds is 1. The van der Waals surface area contributed by atoms with Gasteiger partial charge < -0.3 is 4.90 Å². The number of thiazole rings is 1. The van der Waals surface area contributed by atoms with Crippen molar-refractivity contribution in [2.24, 2.45) is 0 Å². The van der Waals surface area contributed by atoms with Gasteiger partial charge in [0.05, 0.1) is 10.7 Å². The van der Waals surface area contributed by atoms with E-state index in [9.17, 15) is 4.79 Å². The summed E-state index contributed by atoms with van der Waals surface area (Å²) < 4.78 is 0. The van der Waals surface area contributed by atoms with Crippen molar-refractivity contribution in [2.45, 2.75) is 26.9 Å². The third kappa shape index (κ3) is 1.82. The van der Waals surface area contributed by atoms with Crippen LogP contribution in [0.4, 0.5) is 0 Å². The molecule has 3 rings (SSSR count). The molecule has 0 N–H and O–H groups in total. The van der Waals surface area contributed by atoms with E-state index in [-0.39, 0.29) is 5.91 Å². The lowest BCUT2D eigenvalue weighted by atomic mass is 10.1. The lowest BCUT2D eigenvalue weighted by Gasteiger charge is -2.14. The SMILES string of the molecule is Cc1nc(C)c(C(=O)N2Cc3ccccc3C2)s1. The van der Waals surface area contributed by atoms with Gasteiger partial charge in [0.25, 0.3) is 5.91 Å². The summed E-state index contributed by atoms with van der Waals surface area (Å²) in [6.45, 7) is 5.27. The first-order chi connectivity index (χ1) is 8.65. The van der Waals surface area contributed by atoms with Crippen molar-refractivity contribution in [3.8, 4) is 0 Å². The minimum absolute atomic E-state index is 0.106. The number of hydrogen-bond acceptors (Lipinski definition) is 3. The summed E-state index contributed by atoms with van der Waals surface area (Å²) in [6.07, 6.45) is 0. The van der Waals surface area contributed by atoms with E-state index in [4.69, 9.17) is 0 Å². The number of aromatic nitrogens is 1. The quantitative estimate of drug-likeness (QED) is 0.788. The zero-order valence-corrected chi connectivity index (χ0v) is 11.3. The second-order valence-corrected chi connectivity index (χ2v) is 5.78. The van der Waals surface area contributed by atoms with Crippen LogP contribution >= 0.6 is 11.3 Å². The fraction of sp³-hybridized carbons (Fsp3) is 0.286. The second-order valence-electron chi connectivity index (χ2n) is 4.58. The molecular formula is C14H14N2OS. The standard InChI is InChI=1S/C14H14N2OS/c1-9-13(18-10(2)15-9)14(17)16-7-11-5-3-4-6-12(11)8-16/h3-6H,7-8H2,1-2H3. The van der Waals surface area contributed by atoms with E-state index < -0.39 is 0 Å². The van der Waals surface area contributed by atoms with E-state index in [1.165, 1.54) is 22.5 Å². The van der Waals surface area contributed by atoms with E-state index >= 15 is 0 Å². The summed E-state index contributed by atoms with van der Waals surface area (Å²) in [5.74, 6) is 0.106. The maximum Gasteiger partial charge on any atom is 0.266 e. The Morgan fingerprint density at radius 3 is 2.33 bits per heavy atom. The number of carbonyl (C=O) groups is 1. The van der Waals surface area contributed by atoms with Crippen molar-refractivity contribution in [2.75, 3.05) is 0 Å². The van der Waals surface area contributed by atoms with Gasteiger partial charge in [0.2, 0.25) is 0 Å². The molecule has 0 saturated carbocycles. The van der Waals surface area contributed by atoms with Gasteiger partial charge in [0, 0.05) is 13.1 Å². The Labute approximate surface area is 110 Å². The topological polar surface area (TPSA) is 33.2 Å². The van der Waals surface area contributed by atoms with Crippen LogP contribution in [0.3, 0.4) is 0 Å². The second kappa shape index (κ2) is 4.21. The molecule has 3 nitrogen and oxygen atoms in total. The first-order valence-electron chi connectivity index (χ1n) is 5.95. The number of aryl methyl sites for hydroxylation is 2. The third-order valence-corrected chi connectivity index (χ3v) is 4.29. The summed E-state index contributed by atoms with van der Waals surface area (Å²) in [5.41, 5.74) is 3.35. The Hall–Kier alpha value is -1.68. The molecular weight excluding hydrogens is 244 g/mol. The lowest BCUT2D eigenvalue weighted by molar-refractivity contribution is 0.0755. The fourth-order valence-corrected chi connectivity index (χ4v) is 3.24. The van der Waals surface area contributed by atoms with E-state index in [2.05, 4.69) is 17.1 Å². The van der Waals surface area contributed by atoms with Crippen molar-refractivity contribution in [1.82, 2.24) is 9.88 Å². The van der Waals surface area contributed by atoms with Gasteiger partial charge in [-0.1, -0.05) is 24.3 Å². The van der Waals surface area contributed by atoms with Gasteiger partial charge in [-0.25, -0.2) is 4.98 Å². The summed E-state index contributed by atoms with van der Waals surface area (Å²) in [7, 11) is 0. The van der Waals surface area contributed by atoms with E-state index in [1.807, 2.05) is 30.9 Å². The molecule has 0 radical (unpaired) electrons. The van der Waals surface area contributed by atoms with Gasteiger partial charge in [-0.05, 0) is 25.0 Å². The van der Waals surface area contributed by atoms with Crippen LogP contribution in [0.2, 0.25) is 0 Å². The van der Waals surface area contributed by atoms with Crippen LogP contribution < -0.4 is 0 Å². The van der Waals surface area contributed by atoms with Crippen molar-refractivity contribution in [1.29, 1.82) is 0 Å². The van der Waals surface area contributed by atoms with E-state index in [1.54, 1.807) is 0 Å². The molecule has 92 valence electrons. The molecule has 4 heteroatoms. The highest BCUT2D eigenvalue weighted by atomic mass is 32.1. The molecule has 0 aliphatic carbocycles. The van der Waals surface area contributed by atoms with Crippen LogP contribution in [-0.2, 0) is 13.1 Å². The minimum atomic E-state index is 0.106. The highest BCUT2D eigenvalue weighted by Crippen LogP contribution is 2.26. The van der Waals surface area contributed by atoms with Gasteiger partial charge in [-0.3, -0.25) is 4.79 Å². The molecule has 0 unspecified atom stereocenters. The first kappa shape index (κ1) is 11.4. The Morgan fingerprint density at radius 1 is 1.22 bits per heavy atom. The number of nitrogens with zero attached hydrogens (tertiary/aromatic N) is 2. The zero-order chi connectivity index (χ0) is 12.7. The number of hydrogen-bond donors (Lipinski definition) is 0. The van der Waals surface area contributed by atoms with Gasteiger partial charge in [-0.2, -0.15) is 0 Å². The number of amides is 1. The van der Waals surface area contributed by atoms with E-state index in [0.29, 0.717) is 13.1 Å². The predicted molar refractivity (Wildman–Crippen MR) is 71.6 cm³/mol. The van der Waals surface area contributed by atoms with Crippen molar-refractivity contribution in [3.05, 3.63) is 51.0 Å². The Morgan fingerprint density at radius 2 is 1.83 bits per heavy atom. The third-order valence-electron chi connectivity index (χ3n) is 3.23. The first-order valence-corrected chi connectivity index (χ1v) is 6.77. The molecule has 0 bridgehead atoms. The van der Waals surface area contributed by atoms with Crippen LogP contribution in [0.1, 0.15) is 31.5 Å². The lowest BCUT2D eigenvalue weighted by Crippen LogP contribution is -2.25. The Bertz CT molecular complexity index is 593. The average Bonchev–Trinajstić information content (AvgIpc) is 2.91. The smallest absolute Gasteiger partial charge is 0.266 e. The highest BCUT2D eigenvalue weighted by Gasteiger charge is 2.26. The molecule has 0 atom stereocenters. The normalized spacial score (nSPS) is 13.8. The van der Waals surface area contributed by atoms with Gasteiger partial charge in [0.15, 0.2) is 0 Å². The van der Waals surface area contributed by atoms with Crippen LogP contribution in [0.25, 0.3) is 0 Å². The molecule has 1 aromatic carbocycles. The Balaban J connectivity index is 1.87. The molecule has 0 spiro atoms. The van der Waals surface area contributed by atoms with Crippen LogP contribution in [0, 0.1) is 13.8 Å². The summed E-state index contributed by atoms with van der Waals surface area (Å²) in [4.78, 5) is 19.4. The monoisotopic (exact) mass is 258 g/mol.